The van der Waals surface area contributed by atoms with Crippen LogP contribution < -0.4 is 19.9 Å². The van der Waals surface area contributed by atoms with E-state index in [1.165, 1.54) is 0 Å². The first-order valence-corrected chi connectivity index (χ1v) is 10.4. The van der Waals surface area contributed by atoms with Gasteiger partial charge in [-0.25, -0.2) is 9.50 Å². The number of aromatic nitrogens is 3. The Kier molecular flexibility index (Phi) is 5.18. The topological polar surface area (TPSA) is 83.9 Å². The first-order chi connectivity index (χ1) is 15.2. The molecule has 5 rings (SSSR count). The third kappa shape index (κ3) is 4.04. The SMILES string of the molecule is CC(CN)Oc1ccc(Cc2nc3cccc(-c4ccc5c(c4)OCCO5)n3n2)cc1. The average Bonchev–Trinajstić information content (AvgIpc) is 3.22. The Labute approximate surface area is 180 Å². The molecule has 1 atom stereocenters. The summed E-state index contributed by atoms with van der Waals surface area (Å²) >= 11 is 0. The summed E-state index contributed by atoms with van der Waals surface area (Å²) in [6.07, 6.45) is 0.625. The number of nitrogens with zero attached hydrogens (tertiary/aromatic N) is 3. The summed E-state index contributed by atoms with van der Waals surface area (Å²) < 4.78 is 19.0. The maximum absolute atomic E-state index is 5.74. The molecule has 0 saturated heterocycles. The summed E-state index contributed by atoms with van der Waals surface area (Å²) in [7, 11) is 0. The van der Waals surface area contributed by atoms with Crippen LogP contribution in [0.25, 0.3) is 16.9 Å². The highest BCUT2D eigenvalue weighted by atomic mass is 16.6. The summed E-state index contributed by atoms with van der Waals surface area (Å²) in [4.78, 5) is 4.71. The second-order valence-corrected chi connectivity index (χ2v) is 7.55. The van der Waals surface area contributed by atoms with E-state index in [2.05, 4.69) is 0 Å². The summed E-state index contributed by atoms with van der Waals surface area (Å²) in [6, 6.07) is 19.9. The van der Waals surface area contributed by atoms with Gasteiger partial charge < -0.3 is 19.9 Å². The van der Waals surface area contributed by atoms with Crippen molar-refractivity contribution in [1.82, 2.24) is 14.6 Å². The van der Waals surface area contributed by atoms with Crippen LogP contribution in [-0.2, 0) is 6.42 Å². The predicted octanol–water partition coefficient (Wildman–Crippen LogP) is 3.48. The molecule has 0 bridgehead atoms. The highest BCUT2D eigenvalue weighted by Gasteiger charge is 2.15. The molecule has 1 unspecified atom stereocenters. The molecule has 0 fully saturated rings. The smallest absolute Gasteiger partial charge is 0.162 e. The van der Waals surface area contributed by atoms with Crippen LogP contribution in [0.2, 0.25) is 0 Å². The molecule has 0 radical (unpaired) electrons. The van der Waals surface area contributed by atoms with Crippen molar-refractivity contribution >= 4 is 5.65 Å². The van der Waals surface area contributed by atoms with E-state index in [0.717, 1.165) is 45.5 Å². The van der Waals surface area contributed by atoms with Crippen molar-refractivity contribution in [3.63, 3.8) is 0 Å². The van der Waals surface area contributed by atoms with Crippen LogP contribution in [0.1, 0.15) is 18.3 Å². The monoisotopic (exact) mass is 416 g/mol. The van der Waals surface area contributed by atoms with Crippen molar-refractivity contribution in [3.8, 4) is 28.5 Å². The Morgan fingerprint density at radius 2 is 1.84 bits per heavy atom. The minimum absolute atomic E-state index is 0.00932. The van der Waals surface area contributed by atoms with Gasteiger partial charge in [-0.1, -0.05) is 18.2 Å². The van der Waals surface area contributed by atoms with Gasteiger partial charge in [0.05, 0.1) is 5.69 Å². The minimum atomic E-state index is -0.00932. The lowest BCUT2D eigenvalue weighted by molar-refractivity contribution is 0.171. The highest BCUT2D eigenvalue weighted by Crippen LogP contribution is 2.34. The number of pyridine rings is 1. The Morgan fingerprint density at radius 1 is 1.03 bits per heavy atom. The van der Waals surface area contributed by atoms with Crippen molar-refractivity contribution in [2.45, 2.75) is 19.4 Å². The van der Waals surface area contributed by atoms with Crippen LogP contribution >= 0.6 is 0 Å². The molecule has 1 aliphatic rings. The van der Waals surface area contributed by atoms with Crippen molar-refractivity contribution < 1.29 is 14.2 Å². The lowest BCUT2D eigenvalue weighted by atomic mass is 10.1. The van der Waals surface area contributed by atoms with Crippen molar-refractivity contribution in [2.75, 3.05) is 19.8 Å². The Morgan fingerprint density at radius 3 is 2.65 bits per heavy atom. The number of fused-ring (bicyclic) bond motifs is 2. The van der Waals surface area contributed by atoms with Gasteiger partial charge in [-0.05, 0) is 55.0 Å². The summed E-state index contributed by atoms with van der Waals surface area (Å²) in [5.41, 5.74) is 9.49. The highest BCUT2D eigenvalue weighted by molar-refractivity contribution is 5.66. The second-order valence-electron chi connectivity index (χ2n) is 7.55. The predicted molar refractivity (Wildman–Crippen MR) is 118 cm³/mol. The van der Waals surface area contributed by atoms with Crippen molar-refractivity contribution in [2.24, 2.45) is 5.73 Å². The molecule has 0 amide bonds. The zero-order valence-electron chi connectivity index (χ0n) is 17.3. The van der Waals surface area contributed by atoms with Gasteiger partial charge in [-0.2, -0.15) is 5.10 Å². The number of hydrogen-bond acceptors (Lipinski definition) is 6. The van der Waals surface area contributed by atoms with E-state index in [-0.39, 0.29) is 6.10 Å². The van der Waals surface area contributed by atoms with Gasteiger partial charge in [0, 0.05) is 18.5 Å². The molecule has 2 aromatic heterocycles. The third-order valence-corrected chi connectivity index (χ3v) is 5.20. The first-order valence-electron chi connectivity index (χ1n) is 10.4. The number of rotatable bonds is 6. The molecule has 158 valence electrons. The van der Waals surface area contributed by atoms with Gasteiger partial charge in [-0.15, -0.1) is 0 Å². The van der Waals surface area contributed by atoms with E-state index in [4.69, 9.17) is 30.0 Å². The fourth-order valence-electron chi connectivity index (χ4n) is 3.59. The van der Waals surface area contributed by atoms with Crippen molar-refractivity contribution in [3.05, 3.63) is 72.1 Å². The van der Waals surface area contributed by atoms with E-state index in [1.807, 2.05) is 72.1 Å². The molecule has 0 spiro atoms. The summed E-state index contributed by atoms with van der Waals surface area (Å²) in [5, 5.41) is 4.77. The Hall–Kier alpha value is -3.58. The normalized spacial score (nSPS) is 13.9. The van der Waals surface area contributed by atoms with Crippen LogP contribution in [-0.4, -0.2) is 40.5 Å². The van der Waals surface area contributed by atoms with Crippen LogP contribution in [0, 0.1) is 0 Å². The molecule has 7 nitrogen and oxygen atoms in total. The van der Waals surface area contributed by atoms with E-state index >= 15 is 0 Å². The van der Waals surface area contributed by atoms with Gasteiger partial charge in [0.2, 0.25) is 0 Å². The van der Waals surface area contributed by atoms with Crippen LogP contribution in [0.3, 0.4) is 0 Å². The first kappa shape index (κ1) is 19.4. The number of benzene rings is 2. The lowest BCUT2D eigenvalue weighted by Crippen LogP contribution is -2.22. The Balaban J connectivity index is 1.41. The van der Waals surface area contributed by atoms with Crippen LogP contribution in [0.5, 0.6) is 17.2 Å². The van der Waals surface area contributed by atoms with E-state index in [9.17, 15) is 0 Å². The third-order valence-electron chi connectivity index (χ3n) is 5.20. The molecule has 0 saturated carbocycles. The maximum atomic E-state index is 5.74. The standard InChI is InChI=1S/C24H24N4O3/c1-16(15-25)31-19-8-5-17(6-9-19)13-23-26-24-4-2-3-20(28(24)27-23)18-7-10-21-22(14-18)30-12-11-29-21/h2-10,14,16H,11-13,15,25H2,1H3. The largest absolute Gasteiger partial charge is 0.489 e. The zero-order valence-corrected chi connectivity index (χ0v) is 17.3. The van der Waals surface area contributed by atoms with Crippen LogP contribution in [0.15, 0.2) is 60.7 Å². The number of hydrogen-bond donors (Lipinski definition) is 1. The molecule has 2 N–H and O–H groups in total. The molecule has 0 aliphatic carbocycles. The average molecular weight is 416 g/mol. The summed E-state index contributed by atoms with van der Waals surface area (Å²) in [5.74, 6) is 3.10. The fourth-order valence-corrected chi connectivity index (χ4v) is 3.59. The van der Waals surface area contributed by atoms with Gasteiger partial charge in [-0.3, -0.25) is 0 Å². The van der Waals surface area contributed by atoms with E-state index in [0.29, 0.717) is 26.2 Å². The Bertz CT molecular complexity index is 1200. The molecule has 1 aliphatic heterocycles. The molecular weight excluding hydrogens is 392 g/mol. The maximum Gasteiger partial charge on any atom is 0.162 e. The number of nitrogens with two attached hydrogens (primary N) is 1. The van der Waals surface area contributed by atoms with Gasteiger partial charge in [0.1, 0.15) is 25.1 Å². The quantitative estimate of drug-likeness (QED) is 0.518. The molecular formula is C24H24N4O3. The van der Waals surface area contributed by atoms with E-state index < -0.39 is 0 Å². The van der Waals surface area contributed by atoms with E-state index in [1.54, 1.807) is 0 Å². The molecule has 3 heterocycles. The molecule has 31 heavy (non-hydrogen) atoms. The molecule has 7 heteroatoms. The lowest BCUT2D eigenvalue weighted by Gasteiger charge is -2.19. The van der Waals surface area contributed by atoms with Crippen LogP contribution in [0.4, 0.5) is 0 Å². The zero-order chi connectivity index (χ0) is 21.2. The molecule has 2 aromatic carbocycles. The van der Waals surface area contributed by atoms with Crippen molar-refractivity contribution in [1.29, 1.82) is 0 Å². The second kappa shape index (κ2) is 8.28. The van der Waals surface area contributed by atoms with Gasteiger partial charge in [0.25, 0.3) is 0 Å². The van der Waals surface area contributed by atoms with Gasteiger partial charge in [0.15, 0.2) is 23.0 Å². The fraction of sp³-hybridized carbons (Fsp3) is 0.250. The number of ether oxygens (including phenoxy) is 3. The minimum Gasteiger partial charge on any atom is -0.489 e. The van der Waals surface area contributed by atoms with Gasteiger partial charge >= 0.3 is 0 Å². The summed E-state index contributed by atoms with van der Waals surface area (Å²) in [6.45, 7) is 3.57. The molecule has 4 aromatic rings.